The Bertz CT molecular complexity index is 64.2. The van der Waals surface area contributed by atoms with Gasteiger partial charge >= 0.3 is 37.7 Å². The maximum Gasteiger partial charge on any atom is 2.00 e. The molecule has 0 aromatic carbocycles. The first-order chi connectivity index (χ1) is 2.00. The van der Waals surface area contributed by atoms with Gasteiger partial charge in [0.25, 0.3) is 0 Å². The molecule has 0 unspecified atom stereocenters. The molecule has 36 valence electrons. The van der Waals surface area contributed by atoms with Crippen LogP contribution in [0.4, 0.5) is 0 Å². The van der Waals surface area contributed by atoms with Crippen molar-refractivity contribution in [1.82, 2.24) is 0 Å². The molecule has 0 atom stereocenters. The Balaban J connectivity index is -0.0000000267. The van der Waals surface area contributed by atoms with Crippen LogP contribution in [-0.2, 0) is 4.57 Å². The van der Waals surface area contributed by atoms with Crippen molar-refractivity contribution in [3.63, 3.8) is 0 Å². The van der Waals surface area contributed by atoms with Gasteiger partial charge in [0.15, 0.2) is 7.37 Å². The summed E-state index contributed by atoms with van der Waals surface area (Å²) in [6.07, 6.45) is 0. The Morgan fingerprint density at radius 3 is 1.67 bits per heavy atom. The molecule has 0 saturated heterocycles. The van der Waals surface area contributed by atoms with E-state index < -0.39 is 7.37 Å². The van der Waals surface area contributed by atoms with E-state index in [0.29, 0.717) is 0 Å². The third kappa shape index (κ3) is 51.3. The Labute approximate surface area is 70.4 Å². The molecule has 0 fully saturated rings. The van der Waals surface area contributed by atoms with Crippen molar-refractivity contribution in [2.75, 3.05) is 13.3 Å². The predicted octanol–water partition coefficient (Wildman–Crippen LogP) is 0.361. The molecular weight excluding hydrogens is 127 g/mol. The summed E-state index contributed by atoms with van der Waals surface area (Å²) in [5.74, 6) is 0. The standard InChI is InChI=1S/C2H7O2P.Ca.2H/c1-5(2,3)4;;;/h1-2H3,(H,3,4);;;/q;+2;2*-1. The summed E-state index contributed by atoms with van der Waals surface area (Å²) in [6.45, 7) is 2.60. The first kappa shape index (κ1) is 10.4. The molecule has 0 spiro atoms. The first-order valence-electron chi connectivity index (χ1n) is 1.28. The molecule has 0 radical (unpaired) electrons. The molecule has 0 aliphatic heterocycles. The molecule has 0 rings (SSSR count). The average Bonchev–Trinajstić information content (AvgIpc) is 0.722. The summed E-state index contributed by atoms with van der Waals surface area (Å²) in [5.41, 5.74) is 0. The van der Waals surface area contributed by atoms with E-state index in [1.165, 1.54) is 13.3 Å². The maximum atomic E-state index is 9.77. The Kier molecular flexibility index (Phi) is 6.00. The van der Waals surface area contributed by atoms with Gasteiger partial charge in [0, 0.05) is 13.3 Å². The molecule has 0 amide bonds. The summed E-state index contributed by atoms with van der Waals surface area (Å²) in [6, 6.07) is 0. The van der Waals surface area contributed by atoms with Crippen LogP contribution in [0.3, 0.4) is 0 Å². The van der Waals surface area contributed by atoms with E-state index in [1.54, 1.807) is 0 Å². The van der Waals surface area contributed by atoms with Crippen molar-refractivity contribution in [2.24, 2.45) is 0 Å². The number of hydrogen-bond donors (Lipinski definition) is 1. The van der Waals surface area contributed by atoms with Gasteiger partial charge in [-0.2, -0.15) is 0 Å². The first-order valence-corrected chi connectivity index (χ1v) is 3.83. The van der Waals surface area contributed by atoms with Gasteiger partial charge in [-0.05, 0) is 0 Å². The van der Waals surface area contributed by atoms with Crippen LogP contribution in [0.2, 0.25) is 0 Å². The molecule has 0 aliphatic carbocycles. The summed E-state index contributed by atoms with van der Waals surface area (Å²) in [4.78, 5) is 8.08. The molecule has 0 heterocycles. The maximum absolute atomic E-state index is 9.77. The van der Waals surface area contributed by atoms with E-state index in [1.807, 2.05) is 0 Å². The van der Waals surface area contributed by atoms with Crippen molar-refractivity contribution in [3.05, 3.63) is 0 Å². The third-order valence-electron chi connectivity index (χ3n) is 0. The zero-order valence-electron chi connectivity index (χ0n) is 6.01. The molecule has 0 bridgehead atoms. The van der Waals surface area contributed by atoms with Gasteiger partial charge in [-0.3, -0.25) is 4.57 Å². The van der Waals surface area contributed by atoms with Crippen LogP contribution in [0, 0.1) is 0 Å². The monoisotopic (exact) mass is 136 g/mol. The van der Waals surface area contributed by atoms with Crippen LogP contribution in [0.5, 0.6) is 0 Å². The molecule has 1 N–H and O–H groups in total. The van der Waals surface area contributed by atoms with E-state index in [0.717, 1.165) is 0 Å². The van der Waals surface area contributed by atoms with Gasteiger partial charge in [0.1, 0.15) is 0 Å². The van der Waals surface area contributed by atoms with E-state index in [4.69, 9.17) is 4.89 Å². The van der Waals surface area contributed by atoms with Crippen LogP contribution in [0.1, 0.15) is 2.85 Å². The quantitative estimate of drug-likeness (QED) is 0.385. The van der Waals surface area contributed by atoms with E-state index >= 15 is 0 Å². The van der Waals surface area contributed by atoms with E-state index in [9.17, 15) is 4.57 Å². The Morgan fingerprint density at radius 1 is 1.67 bits per heavy atom. The summed E-state index contributed by atoms with van der Waals surface area (Å²) in [7, 11) is -2.64. The second-order valence-corrected chi connectivity index (χ2v) is 3.88. The van der Waals surface area contributed by atoms with Crippen LogP contribution >= 0.6 is 7.37 Å². The van der Waals surface area contributed by atoms with Crippen molar-refractivity contribution >= 4 is 45.1 Å². The zero-order valence-corrected chi connectivity index (χ0v) is 7.11. The molecule has 0 aromatic rings. The fourth-order valence-electron chi connectivity index (χ4n) is 0. The van der Waals surface area contributed by atoms with Gasteiger partial charge in [-0.25, -0.2) is 0 Å². The van der Waals surface area contributed by atoms with Gasteiger partial charge in [-0.15, -0.1) is 0 Å². The van der Waals surface area contributed by atoms with Gasteiger partial charge in [-0.1, -0.05) is 0 Å². The molecule has 6 heavy (non-hydrogen) atoms. The SMILES string of the molecule is CP(C)(=O)O.[Ca+2].[H-].[H-]. The third-order valence-corrected chi connectivity index (χ3v) is 0. The fraction of sp³-hybridized carbons (Fsp3) is 1.00. The smallest absolute Gasteiger partial charge is 1.00 e. The second-order valence-electron chi connectivity index (χ2n) is 1.29. The zero-order chi connectivity index (χ0) is 4.50. The van der Waals surface area contributed by atoms with Gasteiger partial charge in [0.05, 0.1) is 0 Å². The van der Waals surface area contributed by atoms with Crippen LogP contribution < -0.4 is 0 Å². The van der Waals surface area contributed by atoms with E-state index in [2.05, 4.69) is 0 Å². The topological polar surface area (TPSA) is 37.3 Å². The minimum absolute atomic E-state index is 0. The molecule has 0 aromatic heterocycles. The largest absolute Gasteiger partial charge is 2.00 e. The minimum Gasteiger partial charge on any atom is -1.00 e. The van der Waals surface area contributed by atoms with Gasteiger partial charge < -0.3 is 7.75 Å². The van der Waals surface area contributed by atoms with Gasteiger partial charge in [0.2, 0.25) is 0 Å². The van der Waals surface area contributed by atoms with Crippen molar-refractivity contribution in [3.8, 4) is 0 Å². The second kappa shape index (κ2) is 3.45. The Hall–Kier alpha value is 1.45. The van der Waals surface area contributed by atoms with Crippen LogP contribution in [0.15, 0.2) is 0 Å². The van der Waals surface area contributed by atoms with Crippen LogP contribution in [-0.4, -0.2) is 56.0 Å². The molecular formula is C2H9CaO2P. The Morgan fingerprint density at radius 2 is 1.67 bits per heavy atom. The van der Waals surface area contributed by atoms with Crippen LogP contribution in [0.25, 0.3) is 0 Å². The number of rotatable bonds is 0. The summed E-state index contributed by atoms with van der Waals surface area (Å²) >= 11 is 0. The van der Waals surface area contributed by atoms with Crippen molar-refractivity contribution < 1.29 is 12.3 Å². The summed E-state index contributed by atoms with van der Waals surface area (Å²) in [5, 5.41) is 0. The number of hydrogen-bond acceptors (Lipinski definition) is 1. The fourth-order valence-corrected chi connectivity index (χ4v) is 0. The molecule has 0 aliphatic rings. The minimum atomic E-state index is -2.64. The molecule has 4 heteroatoms. The van der Waals surface area contributed by atoms with Crippen molar-refractivity contribution in [1.29, 1.82) is 0 Å². The average molecular weight is 136 g/mol. The molecule has 0 saturated carbocycles. The normalized spacial score (nSPS) is 9.83. The van der Waals surface area contributed by atoms with E-state index in [-0.39, 0.29) is 40.6 Å². The van der Waals surface area contributed by atoms with Crippen molar-refractivity contribution in [2.45, 2.75) is 0 Å². The molecule has 2 nitrogen and oxygen atoms in total. The predicted molar refractivity (Wildman–Crippen MR) is 29.7 cm³/mol. The summed E-state index contributed by atoms with van der Waals surface area (Å²) < 4.78 is 9.77.